The minimum atomic E-state index is -0.444. The highest BCUT2D eigenvalue weighted by Gasteiger charge is 2.33. The molecule has 0 spiro atoms. The summed E-state index contributed by atoms with van der Waals surface area (Å²) in [5.41, 5.74) is 2.20. The van der Waals surface area contributed by atoms with Crippen molar-refractivity contribution in [2.45, 2.75) is 65.3 Å². The number of ether oxygens (including phenoxy) is 1. The predicted molar refractivity (Wildman–Crippen MR) is 120 cm³/mol. The molecule has 9 heteroatoms. The molecule has 170 valence electrons. The summed E-state index contributed by atoms with van der Waals surface area (Å²) in [5, 5.41) is 0. The third-order valence-electron chi connectivity index (χ3n) is 6.18. The summed E-state index contributed by atoms with van der Waals surface area (Å²) in [5.74, 6) is 0.355. The van der Waals surface area contributed by atoms with Crippen LogP contribution < -0.4 is 11.2 Å². The molecule has 4 rings (SSSR count). The highest BCUT2D eigenvalue weighted by atomic mass is 16.5. The normalized spacial score (nSPS) is 16.3. The number of imidazole rings is 1. The third kappa shape index (κ3) is 3.88. The molecule has 1 aliphatic heterocycles. The minimum absolute atomic E-state index is 0.295. The fourth-order valence-electron chi connectivity index (χ4n) is 4.50. The molecular formula is C23H29N5O4. The highest BCUT2D eigenvalue weighted by Crippen LogP contribution is 2.26. The molecule has 1 aliphatic rings. The Morgan fingerprint density at radius 3 is 2.62 bits per heavy atom. The van der Waals surface area contributed by atoms with Gasteiger partial charge in [0.25, 0.3) is 5.56 Å². The quantitative estimate of drug-likeness (QED) is 0.564. The summed E-state index contributed by atoms with van der Waals surface area (Å²) >= 11 is 0. The summed E-state index contributed by atoms with van der Waals surface area (Å²) in [4.78, 5) is 46.9. The van der Waals surface area contributed by atoms with E-state index in [0.29, 0.717) is 49.6 Å². The van der Waals surface area contributed by atoms with Crippen LogP contribution in [0.15, 0.2) is 33.9 Å². The molecule has 0 amide bonds. The van der Waals surface area contributed by atoms with E-state index in [1.165, 1.54) is 7.11 Å². The summed E-state index contributed by atoms with van der Waals surface area (Å²) in [7, 11) is 1.40. The molecule has 0 saturated carbocycles. The van der Waals surface area contributed by atoms with Gasteiger partial charge in [-0.25, -0.2) is 9.78 Å². The molecule has 32 heavy (non-hydrogen) atoms. The maximum Gasteiger partial charge on any atom is 0.330 e. The van der Waals surface area contributed by atoms with E-state index in [1.807, 2.05) is 41.5 Å². The molecule has 1 aromatic carbocycles. The lowest BCUT2D eigenvalue weighted by molar-refractivity contribution is -0.148. The number of nitrogens with one attached hydrogen (secondary N) is 1. The number of hydrogen-bond acceptors (Lipinski definition) is 6. The van der Waals surface area contributed by atoms with Crippen LogP contribution in [0.1, 0.15) is 43.6 Å². The number of H-pyrrole nitrogens is 1. The lowest BCUT2D eigenvalue weighted by Crippen LogP contribution is -2.46. The first kappa shape index (κ1) is 22.0. The lowest BCUT2D eigenvalue weighted by atomic mass is 9.94. The van der Waals surface area contributed by atoms with Gasteiger partial charge in [-0.2, -0.15) is 0 Å². The first-order chi connectivity index (χ1) is 15.5. The van der Waals surface area contributed by atoms with Gasteiger partial charge in [-0.15, -0.1) is 0 Å². The van der Waals surface area contributed by atoms with E-state index in [2.05, 4.69) is 11.1 Å². The Morgan fingerprint density at radius 2 is 1.94 bits per heavy atom. The molecule has 2 aromatic heterocycles. The number of nitrogens with zero attached hydrogens (tertiary/aromatic N) is 4. The standard InChI is InChI=1S/C23H29N5O4/c1-4-6-11-28-20-19(21(29)25-23(28)31)27(5-2)18(24-20)14-26-13-16-10-8-7-9-15(16)12-17(26)22(30)32-3/h7-10,17H,4-6,11-14H2,1-3H3,(H,25,29,31). The molecule has 0 bridgehead atoms. The van der Waals surface area contributed by atoms with E-state index < -0.39 is 17.3 Å². The zero-order valence-electron chi connectivity index (χ0n) is 18.8. The van der Waals surface area contributed by atoms with Crippen LogP contribution >= 0.6 is 0 Å². The largest absolute Gasteiger partial charge is 0.468 e. The van der Waals surface area contributed by atoms with Gasteiger partial charge in [0.05, 0.1) is 13.7 Å². The van der Waals surface area contributed by atoms with Crippen LogP contribution in [0, 0.1) is 0 Å². The SMILES string of the molecule is CCCCn1c(=O)[nH]c(=O)c2c1nc(CN1Cc3ccccc3CC1C(=O)OC)n2CC. The number of aromatic amines is 1. The van der Waals surface area contributed by atoms with Gasteiger partial charge < -0.3 is 9.30 Å². The second-order valence-electron chi connectivity index (χ2n) is 8.13. The van der Waals surface area contributed by atoms with Gasteiger partial charge in [-0.05, 0) is 30.9 Å². The Bertz CT molecular complexity index is 1260. The smallest absolute Gasteiger partial charge is 0.330 e. The number of aryl methyl sites for hydroxylation is 2. The monoisotopic (exact) mass is 439 g/mol. The average Bonchev–Trinajstić information content (AvgIpc) is 3.16. The van der Waals surface area contributed by atoms with E-state index in [-0.39, 0.29) is 5.97 Å². The number of unbranched alkanes of at least 4 members (excludes halogenated alkanes) is 1. The zero-order valence-corrected chi connectivity index (χ0v) is 18.8. The maximum absolute atomic E-state index is 12.7. The Hall–Kier alpha value is -3.20. The van der Waals surface area contributed by atoms with Gasteiger partial charge in [-0.3, -0.25) is 24.0 Å². The second kappa shape index (κ2) is 9.12. The Balaban J connectivity index is 1.79. The fraction of sp³-hybridized carbons (Fsp3) is 0.478. The fourth-order valence-corrected chi connectivity index (χ4v) is 4.50. The van der Waals surface area contributed by atoms with Crippen molar-refractivity contribution in [1.82, 2.24) is 24.0 Å². The van der Waals surface area contributed by atoms with Gasteiger partial charge in [-0.1, -0.05) is 37.6 Å². The number of hydrogen-bond donors (Lipinski definition) is 1. The molecule has 1 atom stereocenters. The van der Waals surface area contributed by atoms with Crippen LogP contribution in [0.5, 0.6) is 0 Å². The van der Waals surface area contributed by atoms with Crippen molar-refractivity contribution >= 4 is 17.1 Å². The summed E-state index contributed by atoms with van der Waals surface area (Å²) in [6, 6.07) is 7.62. The van der Waals surface area contributed by atoms with Crippen LogP contribution in [-0.2, 0) is 42.1 Å². The van der Waals surface area contributed by atoms with E-state index in [0.717, 1.165) is 24.0 Å². The number of carbonyl (C=O) groups excluding carboxylic acids is 1. The van der Waals surface area contributed by atoms with Crippen molar-refractivity contribution < 1.29 is 9.53 Å². The number of fused-ring (bicyclic) bond motifs is 2. The lowest BCUT2D eigenvalue weighted by Gasteiger charge is -2.34. The average molecular weight is 440 g/mol. The summed E-state index contributed by atoms with van der Waals surface area (Å²) < 4.78 is 8.46. The first-order valence-electron chi connectivity index (χ1n) is 11.1. The van der Waals surface area contributed by atoms with Crippen LogP contribution in [-0.4, -0.2) is 43.1 Å². The van der Waals surface area contributed by atoms with Crippen LogP contribution in [0.4, 0.5) is 0 Å². The molecular weight excluding hydrogens is 410 g/mol. The molecule has 9 nitrogen and oxygen atoms in total. The topological polar surface area (TPSA) is 102 Å². The Labute approximate surface area is 185 Å². The molecule has 3 heterocycles. The summed E-state index contributed by atoms with van der Waals surface area (Å²) in [6.45, 7) is 5.93. The molecule has 0 saturated heterocycles. The van der Waals surface area contributed by atoms with E-state index in [4.69, 9.17) is 9.72 Å². The Morgan fingerprint density at radius 1 is 1.19 bits per heavy atom. The molecule has 1 unspecified atom stereocenters. The predicted octanol–water partition coefficient (Wildman–Crippen LogP) is 1.81. The Kier molecular flexibility index (Phi) is 6.27. The second-order valence-corrected chi connectivity index (χ2v) is 8.13. The van der Waals surface area contributed by atoms with Gasteiger partial charge in [0.2, 0.25) is 0 Å². The number of rotatable bonds is 7. The third-order valence-corrected chi connectivity index (χ3v) is 6.18. The van der Waals surface area contributed by atoms with E-state index in [1.54, 1.807) is 4.57 Å². The minimum Gasteiger partial charge on any atom is -0.468 e. The van der Waals surface area contributed by atoms with Gasteiger partial charge in [0, 0.05) is 19.6 Å². The first-order valence-corrected chi connectivity index (χ1v) is 11.1. The van der Waals surface area contributed by atoms with Crippen LogP contribution in [0.2, 0.25) is 0 Å². The number of esters is 1. The molecule has 0 aliphatic carbocycles. The van der Waals surface area contributed by atoms with Crippen molar-refractivity contribution in [3.63, 3.8) is 0 Å². The van der Waals surface area contributed by atoms with Gasteiger partial charge >= 0.3 is 11.7 Å². The number of benzene rings is 1. The zero-order chi connectivity index (χ0) is 22.8. The maximum atomic E-state index is 12.7. The van der Waals surface area contributed by atoms with Gasteiger partial charge in [0.1, 0.15) is 11.9 Å². The van der Waals surface area contributed by atoms with E-state index >= 15 is 0 Å². The van der Waals surface area contributed by atoms with Crippen molar-refractivity contribution in [2.24, 2.45) is 0 Å². The number of aromatic nitrogens is 4. The van der Waals surface area contributed by atoms with Crippen molar-refractivity contribution in [1.29, 1.82) is 0 Å². The van der Waals surface area contributed by atoms with Crippen molar-refractivity contribution in [3.05, 3.63) is 62.1 Å². The van der Waals surface area contributed by atoms with Gasteiger partial charge in [0.15, 0.2) is 11.2 Å². The number of carbonyl (C=O) groups is 1. The molecule has 0 fully saturated rings. The summed E-state index contributed by atoms with van der Waals surface area (Å²) in [6.07, 6.45) is 2.28. The molecule has 3 aromatic rings. The van der Waals surface area contributed by atoms with Crippen molar-refractivity contribution in [3.8, 4) is 0 Å². The number of methoxy groups -OCH3 is 1. The highest BCUT2D eigenvalue weighted by molar-refractivity contribution is 5.76. The van der Waals surface area contributed by atoms with Crippen LogP contribution in [0.3, 0.4) is 0 Å². The van der Waals surface area contributed by atoms with Crippen LogP contribution in [0.25, 0.3) is 11.2 Å². The molecule has 0 radical (unpaired) electrons. The van der Waals surface area contributed by atoms with Crippen molar-refractivity contribution in [2.75, 3.05) is 7.11 Å². The van der Waals surface area contributed by atoms with E-state index in [9.17, 15) is 14.4 Å². The molecule has 1 N–H and O–H groups in total.